The van der Waals surface area contributed by atoms with Crippen molar-refractivity contribution in [1.29, 1.82) is 0 Å². The van der Waals surface area contributed by atoms with Gasteiger partial charge in [-0.05, 0) is 24.1 Å². The highest BCUT2D eigenvalue weighted by molar-refractivity contribution is 5.95. The third kappa shape index (κ3) is 5.77. The number of nitrogens with zero attached hydrogens (tertiary/aromatic N) is 1. The summed E-state index contributed by atoms with van der Waals surface area (Å²) in [6, 6.07) is 10.5. The molecule has 7 nitrogen and oxygen atoms in total. The Bertz CT molecular complexity index is 900. The molecule has 1 amide bonds. The Morgan fingerprint density at radius 2 is 1.83 bits per heavy atom. The standard InChI is InChI=1S/C19H17F3N2O5/c1-2-14(12-6-4-3-5-7-12)18(26)29-11-17(25)23-15-9-8-13(19(20,21)22)10-16(15)24(27)28/h3-10,14H,2,11H2,1H3,(H,23,25)/t14-/m0/s1. The van der Waals surface area contributed by atoms with Gasteiger partial charge in [0.2, 0.25) is 0 Å². The quantitative estimate of drug-likeness (QED) is 0.417. The van der Waals surface area contributed by atoms with Gasteiger partial charge in [0.15, 0.2) is 6.61 Å². The molecule has 0 aliphatic rings. The largest absolute Gasteiger partial charge is 0.455 e. The zero-order valence-corrected chi connectivity index (χ0v) is 15.2. The number of halogens is 3. The molecule has 2 aromatic carbocycles. The molecule has 2 aromatic rings. The summed E-state index contributed by atoms with van der Waals surface area (Å²) >= 11 is 0. The van der Waals surface area contributed by atoms with Crippen molar-refractivity contribution in [3.05, 3.63) is 69.8 Å². The molecule has 0 heterocycles. The SMILES string of the molecule is CC[C@H](C(=O)OCC(=O)Nc1ccc(C(F)(F)F)cc1[N+](=O)[O-])c1ccccc1. The molecule has 0 aliphatic carbocycles. The second kappa shape index (κ2) is 9.18. The van der Waals surface area contributed by atoms with Crippen LogP contribution in [0.4, 0.5) is 24.5 Å². The molecule has 0 bridgehead atoms. The number of esters is 1. The minimum absolute atomic E-state index is 0.324. The highest BCUT2D eigenvalue weighted by atomic mass is 19.4. The summed E-state index contributed by atoms with van der Waals surface area (Å²) in [5, 5.41) is 13.1. The smallest absolute Gasteiger partial charge is 0.416 e. The summed E-state index contributed by atoms with van der Waals surface area (Å²) in [5.74, 6) is -2.16. The minimum Gasteiger partial charge on any atom is -0.455 e. The lowest BCUT2D eigenvalue weighted by molar-refractivity contribution is -0.384. The molecular formula is C19H17F3N2O5. The third-order valence-electron chi connectivity index (χ3n) is 4.04. The first kappa shape index (κ1) is 21.9. The van der Waals surface area contributed by atoms with E-state index >= 15 is 0 Å². The molecule has 0 saturated carbocycles. The van der Waals surface area contributed by atoms with E-state index in [0.717, 1.165) is 6.07 Å². The number of hydrogen-bond donors (Lipinski definition) is 1. The molecule has 2 rings (SSSR count). The molecule has 10 heteroatoms. The molecule has 0 unspecified atom stereocenters. The van der Waals surface area contributed by atoms with Crippen LogP contribution in [0.1, 0.15) is 30.4 Å². The predicted octanol–water partition coefficient (Wildman–Crippen LogP) is 4.29. The van der Waals surface area contributed by atoms with Gasteiger partial charge in [0, 0.05) is 6.07 Å². The number of ether oxygens (including phenoxy) is 1. The molecule has 1 atom stereocenters. The van der Waals surface area contributed by atoms with E-state index in [9.17, 15) is 32.9 Å². The monoisotopic (exact) mass is 410 g/mol. The first-order valence-corrected chi connectivity index (χ1v) is 8.50. The van der Waals surface area contributed by atoms with E-state index in [0.29, 0.717) is 24.1 Å². The van der Waals surface area contributed by atoms with Gasteiger partial charge in [0.05, 0.1) is 16.4 Å². The second-order valence-electron chi connectivity index (χ2n) is 6.01. The van der Waals surface area contributed by atoms with E-state index in [1.807, 2.05) is 0 Å². The zero-order chi connectivity index (χ0) is 21.6. The lowest BCUT2D eigenvalue weighted by Gasteiger charge is -2.14. The van der Waals surface area contributed by atoms with Gasteiger partial charge in [0.1, 0.15) is 5.69 Å². The number of nitro benzene ring substituents is 1. The van der Waals surface area contributed by atoms with Crippen LogP contribution in [0.5, 0.6) is 0 Å². The number of nitrogens with one attached hydrogen (secondary N) is 1. The molecule has 0 spiro atoms. The first-order valence-electron chi connectivity index (χ1n) is 8.50. The molecule has 1 N–H and O–H groups in total. The average Bonchev–Trinajstić information content (AvgIpc) is 2.67. The number of rotatable bonds is 7. The van der Waals surface area contributed by atoms with Crippen LogP contribution in [0.15, 0.2) is 48.5 Å². The van der Waals surface area contributed by atoms with Crippen LogP contribution in [0.3, 0.4) is 0 Å². The Morgan fingerprint density at radius 1 is 1.17 bits per heavy atom. The topological polar surface area (TPSA) is 98.5 Å². The van der Waals surface area contributed by atoms with E-state index in [-0.39, 0.29) is 0 Å². The fourth-order valence-electron chi connectivity index (χ4n) is 2.61. The highest BCUT2D eigenvalue weighted by Gasteiger charge is 2.33. The molecule has 0 fully saturated rings. The van der Waals surface area contributed by atoms with Crippen molar-refractivity contribution in [2.75, 3.05) is 11.9 Å². The number of benzene rings is 2. The van der Waals surface area contributed by atoms with E-state index in [1.165, 1.54) is 0 Å². The number of carbonyl (C=O) groups excluding carboxylic acids is 2. The summed E-state index contributed by atoms with van der Waals surface area (Å²) in [6.07, 6.45) is -4.34. The second-order valence-corrected chi connectivity index (χ2v) is 6.01. The predicted molar refractivity (Wildman–Crippen MR) is 97.2 cm³/mol. The van der Waals surface area contributed by atoms with Crippen molar-refractivity contribution in [2.24, 2.45) is 0 Å². The van der Waals surface area contributed by atoms with Gasteiger partial charge < -0.3 is 10.1 Å². The third-order valence-corrected chi connectivity index (χ3v) is 4.04. The molecule has 0 aromatic heterocycles. The van der Waals surface area contributed by atoms with Gasteiger partial charge >= 0.3 is 12.1 Å². The van der Waals surface area contributed by atoms with E-state index in [2.05, 4.69) is 5.32 Å². The van der Waals surface area contributed by atoms with E-state index in [1.54, 1.807) is 37.3 Å². The maximum Gasteiger partial charge on any atom is 0.416 e. The lowest BCUT2D eigenvalue weighted by Crippen LogP contribution is -2.24. The van der Waals surface area contributed by atoms with Gasteiger partial charge in [-0.25, -0.2) is 0 Å². The Morgan fingerprint density at radius 3 is 2.38 bits per heavy atom. The van der Waals surface area contributed by atoms with Gasteiger partial charge in [0.25, 0.3) is 11.6 Å². The van der Waals surface area contributed by atoms with Crippen molar-refractivity contribution >= 4 is 23.3 Å². The summed E-state index contributed by atoms with van der Waals surface area (Å²) in [5.41, 5.74) is -1.87. The maximum absolute atomic E-state index is 12.7. The van der Waals surface area contributed by atoms with Crippen LogP contribution in [0.2, 0.25) is 0 Å². The van der Waals surface area contributed by atoms with Crippen LogP contribution >= 0.6 is 0 Å². The van der Waals surface area contributed by atoms with Crippen LogP contribution in [-0.4, -0.2) is 23.4 Å². The molecule has 29 heavy (non-hydrogen) atoms. The van der Waals surface area contributed by atoms with Crippen molar-refractivity contribution in [2.45, 2.75) is 25.4 Å². The van der Waals surface area contributed by atoms with E-state index < -0.39 is 52.4 Å². The van der Waals surface area contributed by atoms with Gasteiger partial charge in [-0.15, -0.1) is 0 Å². The van der Waals surface area contributed by atoms with Crippen LogP contribution < -0.4 is 5.32 Å². The fourth-order valence-corrected chi connectivity index (χ4v) is 2.61. The molecule has 0 saturated heterocycles. The number of hydrogen-bond acceptors (Lipinski definition) is 5. The zero-order valence-electron chi connectivity index (χ0n) is 15.2. The number of alkyl halides is 3. The van der Waals surface area contributed by atoms with Crippen molar-refractivity contribution < 1.29 is 32.4 Å². The first-order chi connectivity index (χ1) is 13.6. The summed E-state index contributed by atoms with van der Waals surface area (Å²) in [7, 11) is 0. The molecule has 154 valence electrons. The van der Waals surface area contributed by atoms with E-state index in [4.69, 9.17) is 4.74 Å². The van der Waals surface area contributed by atoms with Gasteiger partial charge in [-0.1, -0.05) is 37.3 Å². The fraction of sp³-hybridized carbons (Fsp3) is 0.263. The Balaban J connectivity index is 2.05. The van der Waals surface area contributed by atoms with Crippen LogP contribution in [0.25, 0.3) is 0 Å². The Labute approximate surface area is 163 Å². The lowest BCUT2D eigenvalue weighted by atomic mass is 9.97. The summed E-state index contributed by atoms with van der Waals surface area (Å²) in [6.45, 7) is 1.03. The van der Waals surface area contributed by atoms with Crippen molar-refractivity contribution in [3.63, 3.8) is 0 Å². The molecular weight excluding hydrogens is 393 g/mol. The van der Waals surface area contributed by atoms with Crippen LogP contribution in [0, 0.1) is 10.1 Å². The summed E-state index contributed by atoms with van der Waals surface area (Å²) in [4.78, 5) is 34.2. The Kier molecular flexibility index (Phi) is 6.92. The molecule has 0 radical (unpaired) electrons. The Hall–Kier alpha value is -3.43. The number of nitro groups is 1. The summed E-state index contributed by atoms with van der Waals surface area (Å²) < 4.78 is 43.1. The van der Waals surface area contributed by atoms with Crippen LogP contribution in [-0.2, 0) is 20.5 Å². The van der Waals surface area contributed by atoms with Crippen molar-refractivity contribution in [1.82, 2.24) is 0 Å². The highest BCUT2D eigenvalue weighted by Crippen LogP contribution is 2.35. The van der Waals surface area contributed by atoms with Gasteiger partial charge in [-0.2, -0.15) is 13.2 Å². The maximum atomic E-state index is 12.7. The minimum atomic E-state index is -4.77. The number of amides is 1. The normalized spacial score (nSPS) is 12.1. The average molecular weight is 410 g/mol. The van der Waals surface area contributed by atoms with Crippen molar-refractivity contribution in [3.8, 4) is 0 Å². The molecule has 0 aliphatic heterocycles. The number of carbonyl (C=O) groups is 2. The number of anilines is 1. The van der Waals surface area contributed by atoms with Gasteiger partial charge in [-0.3, -0.25) is 19.7 Å².